The van der Waals surface area contributed by atoms with Crippen LogP contribution in [-0.2, 0) is 4.79 Å². The van der Waals surface area contributed by atoms with Crippen molar-refractivity contribution in [3.05, 3.63) is 18.2 Å². The Balaban J connectivity index is 0.00000385. The number of methoxy groups -OCH3 is 2. The van der Waals surface area contributed by atoms with Crippen LogP contribution in [0, 0.1) is 0 Å². The Labute approximate surface area is 215 Å². The van der Waals surface area contributed by atoms with Gasteiger partial charge in [0.05, 0.1) is 20.8 Å². The fourth-order valence-corrected chi connectivity index (χ4v) is 4.42. The minimum Gasteiger partial charge on any atom is -0.497 e. The summed E-state index contributed by atoms with van der Waals surface area (Å²) in [6.45, 7) is 5.12. The molecular weight excluding hydrogens is 533 g/mol. The van der Waals surface area contributed by atoms with Gasteiger partial charge in [0, 0.05) is 62.0 Å². The zero-order valence-electron chi connectivity index (χ0n) is 20.2. The van der Waals surface area contributed by atoms with Crippen molar-refractivity contribution in [1.29, 1.82) is 0 Å². The van der Waals surface area contributed by atoms with Crippen molar-refractivity contribution in [2.75, 3.05) is 45.3 Å². The molecule has 1 aliphatic carbocycles. The van der Waals surface area contributed by atoms with Crippen LogP contribution in [-0.4, -0.2) is 64.3 Å². The summed E-state index contributed by atoms with van der Waals surface area (Å²) in [4.78, 5) is 19.2. The van der Waals surface area contributed by atoms with Crippen molar-refractivity contribution in [3.8, 4) is 11.5 Å². The van der Waals surface area contributed by atoms with E-state index in [2.05, 4.69) is 32.8 Å². The number of nitrogens with zero attached hydrogens (tertiary/aromatic N) is 2. The molecule has 9 heteroatoms. The van der Waals surface area contributed by atoms with Gasteiger partial charge >= 0.3 is 0 Å². The van der Waals surface area contributed by atoms with E-state index in [4.69, 9.17) is 9.47 Å². The summed E-state index contributed by atoms with van der Waals surface area (Å²) in [6.07, 6.45) is 7.38. The maximum absolute atomic E-state index is 12.3. The summed E-state index contributed by atoms with van der Waals surface area (Å²) in [7, 11) is 3.34. The molecule has 1 unspecified atom stereocenters. The highest BCUT2D eigenvalue weighted by molar-refractivity contribution is 14.0. The van der Waals surface area contributed by atoms with Gasteiger partial charge in [0.1, 0.15) is 11.5 Å². The largest absolute Gasteiger partial charge is 0.497 e. The third-order valence-corrected chi connectivity index (χ3v) is 6.15. The van der Waals surface area contributed by atoms with E-state index in [1.54, 1.807) is 14.2 Å². The van der Waals surface area contributed by atoms with Crippen molar-refractivity contribution < 1.29 is 14.3 Å². The molecule has 186 valence electrons. The van der Waals surface area contributed by atoms with Crippen LogP contribution in [0.1, 0.15) is 51.9 Å². The van der Waals surface area contributed by atoms with Gasteiger partial charge in [0.25, 0.3) is 0 Å². The van der Waals surface area contributed by atoms with Gasteiger partial charge in [0.15, 0.2) is 5.96 Å². The highest BCUT2D eigenvalue weighted by atomic mass is 127. The molecule has 3 N–H and O–H groups in total. The first-order valence-electron chi connectivity index (χ1n) is 11.9. The van der Waals surface area contributed by atoms with E-state index in [0.717, 1.165) is 62.0 Å². The van der Waals surface area contributed by atoms with Crippen molar-refractivity contribution in [2.24, 2.45) is 4.99 Å². The Morgan fingerprint density at radius 2 is 1.73 bits per heavy atom. The topological polar surface area (TPSA) is 87.2 Å². The summed E-state index contributed by atoms with van der Waals surface area (Å²) in [5, 5.41) is 10.0. The third-order valence-electron chi connectivity index (χ3n) is 6.15. The maximum atomic E-state index is 12.3. The average Bonchev–Trinajstić information content (AvgIpc) is 3.28. The Hall–Kier alpha value is -1.91. The highest BCUT2D eigenvalue weighted by Gasteiger charge is 2.24. The maximum Gasteiger partial charge on any atom is 0.222 e. The fourth-order valence-electron chi connectivity index (χ4n) is 4.42. The van der Waals surface area contributed by atoms with Crippen LogP contribution in [0.5, 0.6) is 11.5 Å². The lowest BCUT2D eigenvalue weighted by molar-refractivity contribution is -0.121. The lowest BCUT2D eigenvalue weighted by Gasteiger charge is -2.22. The van der Waals surface area contributed by atoms with Crippen molar-refractivity contribution in [2.45, 2.75) is 64.0 Å². The van der Waals surface area contributed by atoms with Crippen LogP contribution in [0.4, 0.5) is 5.69 Å². The van der Waals surface area contributed by atoms with E-state index in [1.807, 2.05) is 18.2 Å². The Morgan fingerprint density at radius 1 is 1.03 bits per heavy atom. The molecule has 1 atom stereocenters. The molecule has 3 rings (SSSR count). The molecule has 0 spiro atoms. The number of carbonyl (C=O) groups excluding carboxylic acids is 1. The number of rotatable bonds is 9. The van der Waals surface area contributed by atoms with Crippen LogP contribution in [0.2, 0.25) is 0 Å². The standard InChI is InChI=1S/C24H39N5O3.HI/c1-4-25-24(26-12-10-23(30)27-18-8-6-5-7-9-18)28-19-11-13-29(17-19)20-14-21(31-2)16-22(15-20)32-3;/h14-16,18-19H,4-13,17H2,1-3H3,(H,27,30)(H2,25,26,28);1H. The first-order chi connectivity index (χ1) is 15.6. The molecule has 2 fully saturated rings. The van der Waals surface area contributed by atoms with Gasteiger partial charge in [-0.2, -0.15) is 0 Å². The smallest absolute Gasteiger partial charge is 0.222 e. The molecule has 0 bridgehead atoms. The molecule has 0 aromatic heterocycles. The quantitative estimate of drug-likeness (QED) is 0.239. The summed E-state index contributed by atoms with van der Waals surface area (Å²) in [6, 6.07) is 6.59. The van der Waals surface area contributed by atoms with E-state index < -0.39 is 0 Å². The fraction of sp³-hybridized carbons (Fsp3) is 0.667. The zero-order valence-corrected chi connectivity index (χ0v) is 22.5. The number of benzene rings is 1. The number of aliphatic imine (C=N–C) groups is 1. The van der Waals surface area contributed by atoms with Crippen molar-refractivity contribution >= 4 is 41.5 Å². The SMILES string of the molecule is CCNC(=NCCC(=O)NC1CCCCC1)NC1CCN(c2cc(OC)cc(OC)c2)C1.I. The lowest BCUT2D eigenvalue weighted by Crippen LogP contribution is -2.44. The molecule has 1 aromatic carbocycles. The molecule has 2 aliphatic rings. The number of guanidine groups is 1. The van der Waals surface area contributed by atoms with E-state index >= 15 is 0 Å². The van der Waals surface area contributed by atoms with Gasteiger partial charge in [-0.3, -0.25) is 9.79 Å². The van der Waals surface area contributed by atoms with Gasteiger partial charge in [-0.1, -0.05) is 19.3 Å². The Bertz CT molecular complexity index is 748. The second-order valence-electron chi connectivity index (χ2n) is 8.56. The van der Waals surface area contributed by atoms with Crippen molar-refractivity contribution in [1.82, 2.24) is 16.0 Å². The molecule has 0 radical (unpaired) electrons. The summed E-state index contributed by atoms with van der Waals surface area (Å²) in [5.74, 6) is 2.46. The van der Waals surface area contributed by atoms with Crippen LogP contribution in [0.15, 0.2) is 23.2 Å². The van der Waals surface area contributed by atoms with Crippen LogP contribution in [0.25, 0.3) is 0 Å². The van der Waals surface area contributed by atoms with Gasteiger partial charge in [-0.15, -0.1) is 24.0 Å². The Morgan fingerprint density at radius 3 is 2.36 bits per heavy atom. The monoisotopic (exact) mass is 573 g/mol. The van der Waals surface area contributed by atoms with E-state index in [1.165, 1.54) is 19.3 Å². The number of anilines is 1. The molecule has 1 saturated carbocycles. The average molecular weight is 574 g/mol. The summed E-state index contributed by atoms with van der Waals surface area (Å²) in [5.41, 5.74) is 1.09. The number of carbonyl (C=O) groups is 1. The molecule has 1 amide bonds. The molecular formula is C24H40IN5O3. The zero-order chi connectivity index (χ0) is 22.8. The number of nitrogens with one attached hydrogen (secondary N) is 3. The Kier molecular flexibility index (Phi) is 11.9. The molecule has 1 aromatic rings. The number of hydrogen-bond acceptors (Lipinski definition) is 5. The predicted octanol–water partition coefficient (Wildman–Crippen LogP) is 3.29. The second-order valence-corrected chi connectivity index (χ2v) is 8.56. The van der Waals surface area contributed by atoms with Crippen LogP contribution < -0.4 is 30.3 Å². The number of ether oxygens (including phenoxy) is 2. The third kappa shape index (κ3) is 8.75. The summed E-state index contributed by atoms with van der Waals surface area (Å²) >= 11 is 0. The van der Waals surface area contributed by atoms with E-state index in [9.17, 15) is 4.79 Å². The number of hydrogen-bond donors (Lipinski definition) is 3. The van der Waals surface area contributed by atoms with E-state index in [0.29, 0.717) is 19.0 Å². The molecule has 8 nitrogen and oxygen atoms in total. The molecule has 33 heavy (non-hydrogen) atoms. The van der Waals surface area contributed by atoms with Gasteiger partial charge in [-0.05, 0) is 26.2 Å². The van der Waals surface area contributed by atoms with Crippen LogP contribution in [0.3, 0.4) is 0 Å². The lowest BCUT2D eigenvalue weighted by atomic mass is 9.95. The van der Waals surface area contributed by atoms with Gasteiger partial charge in [-0.25, -0.2) is 0 Å². The highest BCUT2D eigenvalue weighted by Crippen LogP contribution is 2.30. The van der Waals surface area contributed by atoms with Crippen molar-refractivity contribution in [3.63, 3.8) is 0 Å². The number of halogens is 1. The molecule has 1 saturated heterocycles. The normalized spacial score (nSPS) is 18.9. The minimum absolute atomic E-state index is 0. The van der Waals surface area contributed by atoms with Crippen LogP contribution >= 0.6 is 24.0 Å². The second kappa shape index (κ2) is 14.4. The molecule has 1 aliphatic heterocycles. The first-order valence-corrected chi connectivity index (χ1v) is 11.9. The van der Waals surface area contributed by atoms with Gasteiger partial charge in [0.2, 0.25) is 5.91 Å². The first kappa shape index (κ1) is 27.3. The minimum atomic E-state index is 0. The predicted molar refractivity (Wildman–Crippen MR) is 144 cm³/mol. The number of amides is 1. The molecule has 1 heterocycles. The van der Waals surface area contributed by atoms with Gasteiger partial charge < -0.3 is 30.3 Å². The summed E-state index contributed by atoms with van der Waals surface area (Å²) < 4.78 is 10.8. The van der Waals surface area contributed by atoms with E-state index in [-0.39, 0.29) is 35.9 Å².